The fourth-order valence-electron chi connectivity index (χ4n) is 4.12. The van der Waals surface area contributed by atoms with Gasteiger partial charge in [0.15, 0.2) is 0 Å². The molecule has 1 aliphatic rings. The van der Waals surface area contributed by atoms with Crippen LogP contribution in [0.4, 0.5) is 5.69 Å². The number of aryl methyl sites for hydroxylation is 1. The van der Waals surface area contributed by atoms with Gasteiger partial charge in [0.05, 0.1) is 23.1 Å². The summed E-state index contributed by atoms with van der Waals surface area (Å²) >= 11 is 6.46. The Bertz CT molecular complexity index is 1160. The summed E-state index contributed by atoms with van der Waals surface area (Å²) in [6, 6.07) is 13.2. The summed E-state index contributed by atoms with van der Waals surface area (Å²) in [4.78, 5) is 31.4. The molecule has 2 heterocycles. The monoisotopic (exact) mass is 426 g/mol. The van der Waals surface area contributed by atoms with Gasteiger partial charge in [0.1, 0.15) is 0 Å². The van der Waals surface area contributed by atoms with Crippen molar-refractivity contribution in [3.63, 3.8) is 0 Å². The standard InChI is InChI=1S/C23H27ClN4O2/c1-3-9-27-20-15-18(24)14-19(26-12-10-25(2)11-13-26)21(20)22(29)28(23(27)30)16-17-7-5-4-6-8-17/h4-8,14-15H,3,9-13,16H2,1-2H3. The molecule has 158 valence electrons. The molecule has 3 aromatic rings. The third kappa shape index (κ3) is 3.89. The molecule has 30 heavy (non-hydrogen) atoms. The molecule has 0 unspecified atom stereocenters. The van der Waals surface area contributed by atoms with Crippen LogP contribution in [0.1, 0.15) is 18.9 Å². The first-order chi connectivity index (χ1) is 14.5. The van der Waals surface area contributed by atoms with Crippen molar-refractivity contribution in [2.75, 3.05) is 38.1 Å². The van der Waals surface area contributed by atoms with Gasteiger partial charge in [-0.2, -0.15) is 0 Å². The van der Waals surface area contributed by atoms with Crippen molar-refractivity contribution in [2.45, 2.75) is 26.4 Å². The number of anilines is 1. The number of hydrogen-bond acceptors (Lipinski definition) is 4. The molecule has 0 atom stereocenters. The molecule has 0 radical (unpaired) electrons. The Morgan fingerprint density at radius 2 is 1.67 bits per heavy atom. The van der Waals surface area contributed by atoms with Crippen molar-refractivity contribution in [3.05, 3.63) is 73.9 Å². The second-order valence-electron chi connectivity index (χ2n) is 7.92. The molecule has 1 aromatic heterocycles. The summed E-state index contributed by atoms with van der Waals surface area (Å²) in [6.07, 6.45) is 0.787. The SMILES string of the molecule is CCCn1c(=O)n(Cc2ccccc2)c(=O)c2c(N3CCN(C)CC3)cc(Cl)cc21. The van der Waals surface area contributed by atoms with Crippen molar-refractivity contribution < 1.29 is 0 Å². The minimum atomic E-state index is -0.287. The normalized spacial score (nSPS) is 15.1. The van der Waals surface area contributed by atoms with Crippen molar-refractivity contribution >= 4 is 28.2 Å². The minimum Gasteiger partial charge on any atom is -0.368 e. The number of fused-ring (bicyclic) bond motifs is 1. The zero-order chi connectivity index (χ0) is 21.3. The number of rotatable bonds is 5. The summed E-state index contributed by atoms with van der Waals surface area (Å²) < 4.78 is 3.06. The third-order valence-electron chi connectivity index (χ3n) is 5.75. The van der Waals surface area contributed by atoms with Crippen molar-refractivity contribution in [1.29, 1.82) is 0 Å². The van der Waals surface area contributed by atoms with E-state index in [0.29, 0.717) is 22.5 Å². The first-order valence-electron chi connectivity index (χ1n) is 10.4. The number of halogens is 1. The van der Waals surface area contributed by atoms with Gasteiger partial charge < -0.3 is 9.80 Å². The minimum absolute atomic E-state index is 0.253. The van der Waals surface area contributed by atoms with Gasteiger partial charge >= 0.3 is 5.69 Å². The van der Waals surface area contributed by atoms with Gasteiger partial charge in [-0.1, -0.05) is 48.9 Å². The lowest BCUT2D eigenvalue weighted by molar-refractivity contribution is 0.313. The zero-order valence-electron chi connectivity index (χ0n) is 17.5. The Morgan fingerprint density at radius 3 is 2.33 bits per heavy atom. The molecule has 7 heteroatoms. The molecule has 0 N–H and O–H groups in total. The van der Waals surface area contributed by atoms with E-state index in [2.05, 4.69) is 16.8 Å². The van der Waals surface area contributed by atoms with Gasteiger partial charge in [-0.25, -0.2) is 4.79 Å². The first kappa shape index (κ1) is 20.7. The van der Waals surface area contributed by atoms with E-state index < -0.39 is 0 Å². The van der Waals surface area contributed by atoms with Crippen LogP contribution >= 0.6 is 11.6 Å². The lowest BCUT2D eigenvalue weighted by atomic mass is 10.1. The van der Waals surface area contributed by atoms with Crippen molar-refractivity contribution in [3.8, 4) is 0 Å². The van der Waals surface area contributed by atoms with Crippen LogP contribution in [-0.4, -0.2) is 47.3 Å². The van der Waals surface area contributed by atoms with Crippen LogP contribution in [0.3, 0.4) is 0 Å². The Kier molecular flexibility index (Phi) is 5.97. The van der Waals surface area contributed by atoms with E-state index in [9.17, 15) is 9.59 Å². The van der Waals surface area contributed by atoms with Crippen LogP contribution in [0.5, 0.6) is 0 Å². The van der Waals surface area contributed by atoms with E-state index in [0.717, 1.165) is 43.9 Å². The highest BCUT2D eigenvalue weighted by Crippen LogP contribution is 2.29. The number of hydrogen-bond donors (Lipinski definition) is 0. The highest BCUT2D eigenvalue weighted by atomic mass is 35.5. The van der Waals surface area contributed by atoms with Gasteiger partial charge in [0.2, 0.25) is 0 Å². The summed E-state index contributed by atoms with van der Waals surface area (Å²) in [6.45, 7) is 6.28. The number of likely N-dealkylation sites (N-methyl/N-ethyl adjacent to an activating group) is 1. The van der Waals surface area contributed by atoms with E-state index in [1.165, 1.54) is 4.57 Å². The van der Waals surface area contributed by atoms with Crippen LogP contribution in [0.2, 0.25) is 5.02 Å². The molecule has 1 aliphatic heterocycles. The van der Waals surface area contributed by atoms with Gasteiger partial charge in [-0.05, 0) is 31.2 Å². The Morgan fingerprint density at radius 1 is 0.967 bits per heavy atom. The molecule has 1 fully saturated rings. The quantitative estimate of drug-likeness (QED) is 0.629. The molecule has 2 aromatic carbocycles. The lowest BCUT2D eigenvalue weighted by Gasteiger charge is -2.34. The van der Waals surface area contributed by atoms with Gasteiger partial charge in [0, 0.05) is 37.7 Å². The molecule has 6 nitrogen and oxygen atoms in total. The van der Waals surface area contributed by atoms with Crippen LogP contribution < -0.4 is 16.1 Å². The Hall–Kier alpha value is -2.57. The molecule has 0 saturated carbocycles. The van der Waals surface area contributed by atoms with Crippen molar-refractivity contribution in [2.24, 2.45) is 0 Å². The lowest BCUT2D eigenvalue weighted by Crippen LogP contribution is -2.46. The van der Waals surface area contributed by atoms with E-state index in [1.807, 2.05) is 43.3 Å². The average Bonchev–Trinajstić information content (AvgIpc) is 2.75. The van der Waals surface area contributed by atoms with E-state index in [4.69, 9.17) is 11.6 Å². The van der Waals surface area contributed by atoms with Crippen LogP contribution in [0, 0.1) is 0 Å². The topological polar surface area (TPSA) is 50.5 Å². The summed E-state index contributed by atoms with van der Waals surface area (Å²) in [5.41, 5.74) is 1.83. The Balaban J connectivity index is 1.97. The number of nitrogens with zero attached hydrogens (tertiary/aromatic N) is 4. The maximum atomic E-state index is 13.6. The predicted molar refractivity (Wildman–Crippen MR) is 123 cm³/mol. The van der Waals surface area contributed by atoms with Crippen LogP contribution in [-0.2, 0) is 13.1 Å². The molecule has 0 bridgehead atoms. The average molecular weight is 427 g/mol. The molecule has 0 aliphatic carbocycles. The van der Waals surface area contributed by atoms with Gasteiger partial charge in [-0.3, -0.25) is 13.9 Å². The summed E-state index contributed by atoms with van der Waals surface area (Å²) in [5, 5.41) is 1.12. The molecule has 4 rings (SSSR count). The Labute approximate surface area is 180 Å². The second kappa shape index (κ2) is 8.66. The van der Waals surface area contributed by atoms with Gasteiger partial charge in [-0.15, -0.1) is 0 Å². The summed E-state index contributed by atoms with van der Waals surface area (Å²) in [7, 11) is 2.10. The fraction of sp³-hybridized carbons (Fsp3) is 0.391. The van der Waals surface area contributed by atoms with E-state index >= 15 is 0 Å². The number of aromatic nitrogens is 2. The van der Waals surface area contributed by atoms with E-state index in [1.54, 1.807) is 10.6 Å². The predicted octanol–water partition coefficient (Wildman–Crippen LogP) is 3.03. The number of piperazine rings is 1. The highest BCUT2D eigenvalue weighted by Gasteiger charge is 2.22. The molecule has 0 spiro atoms. The largest absolute Gasteiger partial charge is 0.368 e. The fourth-order valence-corrected chi connectivity index (χ4v) is 4.33. The molecular formula is C23H27ClN4O2. The summed E-state index contributed by atoms with van der Waals surface area (Å²) in [5.74, 6) is 0. The zero-order valence-corrected chi connectivity index (χ0v) is 18.2. The molecule has 1 saturated heterocycles. The highest BCUT2D eigenvalue weighted by molar-refractivity contribution is 6.31. The molecule has 0 amide bonds. The van der Waals surface area contributed by atoms with Crippen molar-refractivity contribution in [1.82, 2.24) is 14.0 Å². The van der Waals surface area contributed by atoms with Crippen LogP contribution in [0.15, 0.2) is 52.1 Å². The maximum absolute atomic E-state index is 13.6. The van der Waals surface area contributed by atoms with E-state index in [-0.39, 0.29) is 17.8 Å². The first-order valence-corrected chi connectivity index (χ1v) is 10.8. The van der Waals surface area contributed by atoms with Gasteiger partial charge in [0.25, 0.3) is 5.56 Å². The number of benzene rings is 2. The van der Waals surface area contributed by atoms with Crippen LogP contribution in [0.25, 0.3) is 10.9 Å². The third-order valence-corrected chi connectivity index (χ3v) is 5.97. The molecular weight excluding hydrogens is 400 g/mol. The smallest absolute Gasteiger partial charge is 0.331 e. The second-order valence-corrected chi connectivity index (χ2v) is 8.36. The maximum Gasteiger partial charge on any atom is 0.331 e.